The number of benzene rings is 1. The summed E-state index contributed by atoms with van der Waals surface area (Å²) in [4.78, 5) is 26.6. The lowest BCUT2D eigenvalue weighted by molar-refractivity contribution is -0.125. The van der Waals surface area contributed by atoms with Crippen LogP contribution in [0.4, 0.5) is 11.6 Å². The Morgan fingerprint density at radius 2 is 2.06 bits per heavy atom. The Hall–Kier alpha value is -3.49. The molecule has 0 bridgehead atoms. The van der Waals surface area contributed by atoms with Crippen LogP contribution in [0.5, 0.6) is 0 Å². The van der Waals surface area contributed by atoms with Gasteiger partial charge >= 0.3 is 0 Å². The molecule has 0 saturated carbocycles. The molecule has 1 fully saturated rings. The van der Waals surface area contributed by atoms with Crippen LogP contribution >= 0.6 is 11.6 Å². The van der Waals surface area contributed by atoms with Gasteiger partial charge in [-0.3, -0.25) is 4.79 Å². The molecule has 5 rings (SSSR count). The number of aryl methyl sites for hydroxylation is 2. The number of nitrogens with zero attached hydrogens (tertiary/aromatic N) is 5. The summed E-state index contributed by atoms with van der Waals surface area (Å²) in [5, 5.41) is 3.75. The number of anilines is 2. The molecule has 8 nitrogen and oxygen atoms in total. The Labute approximate surface area is 208 Å². The van der Waals surface area contributed by atoms with E-state index < -0.39 is 0 Å². The standard InChI is InChI=1S/C26H27ClN6O2/c1-3-10-33-14-20(24-25(33)17(2)13-23(27)31-24)21-8-9-28-26(30-21)29-19-6-4-18(5-7-19)22-15-32(16-34)11-12-35-22/h4-9,13-14,16,22H,3,10-12,15H2,1-2H3,(H,28,29,30). The third-order valence-electron chi connectivity index (χ3n) is 6.16. The monoisotopic (exact) mass is 490 g/mol. The summed E-state index contributed by atoms with van der Waals surface area (Å²) in [6, 6.07) is 11.7. The molecule has 1 saturated heterocycles. The number of amides is 1. The van der Waals surface area contributed by atoms with E-state index in [1.54, 1.807) is 11.1 Å². The largest absolute Gasteiger partial charge is 0.370 e. The number of aromatic nitrogens is 4. The van der Waals surface area contributed by atoms with Gasteiger partial charge in [0.1, 0.15) is 11.3 Å². The normalized spacial score (nSPS) is 16.0. The number of rotatable bonds is 7. The Morgan fingerprint density at radius 1 is 1.23 bits per heavy atom. The number of pyridine rings is 1. The lowest BCUT2D eigenvalue weighted by Gasteiger charge is -2.30. The average Bonchev–Trinajstić information content (AvgIpc) is 3.23. The molecule has 0 radical (unpaired) electrons. The number of halogens is 1. The predicted molar refractivity (Wildman–Crippen MR) is 137 cm³/mol. The molecule has 4 heterocycles. The summed E-state index contributed by atoms with van der Waals surface area (Å²) in [7, 11) is 0. The first-order valence-corrected chi connectivity index (χ1v) is 12.1. The van der Waals surface area contributed by atoms with Gasteiger partial charge in [0.2, 0.25) is 12.4 Å². The van der Waals surface area contributed by atoms with Crippen LogP contribution in [0.15, 0.2) is 48.8 Å². The molecule has 3 aromatic heterocycles. The van der Waals surface area contributed by atoms with E-state index in [-0.39, 0.29) is 6.10 Å². The molecule has 0 aliphatic carbocycles. The van der Waals surface area contributed by atoms with Crippen molar-refractivity contribution in [1.82, 2.24) is 24.4 Å². The molecular weight excluding hydrogens is 464 g/mol. The van der Waals surface area contributed by atoms with Crippen molar-refractivity contribution in [2.75, 3.05) is 25.0 Å². The Balaban J connectivity index is 1.40. The zero-order valence-corrected chi connectivity index (χ0v) is 20.5. The first-order valence-electron chi connectivity index (χ1n) is 11.7. The first-order chi connectivity index (χ1) is 17.1. The van der Waals surface area contributed by atoms with E-state index in [1.807, 2.05) is 36.4 Å². The van der Waals surface area contributed by atoms with E-state index in [0.717, 1.165) is 58.5 Å². The number of hydrogen-bond donors (Lipinski definition) is 1. The second-order valence-corrected chi connectivity index (χ2v) is 9.05. The van der Waals surface area contributed by atoms with E-state index in [1.165, 1.54) is 0 Å². The maximum absolute atomic E-state index is 11.1. The minimum atomic E-state index is -0.120. The van der Waals surface area contributed by atoms with Gasteiger partial charge in [0, 0.05) is 36.7 Å². The summed E-state index contributed by atoms with van der Waals surface area (Å²) in [6.07, 6.45) is 5.60. The van der Waals surface area contributed by atoms with Gasteiger partial charge < -0.3 is 19.5 Å². The Bertz CT molecular complexity index is 1350. The molecule has 0 spiro atoms. The number of ether oxygens (including phenoxy) is 1. The molecule has 180 valence electrons. The highest BCUT2D eigenvalue weighted by Gasteiger charge is 2.21. The van der Waals surface area contributed by atoms with Gasteiger partial charge in [0.15, 0.2) is 0 Å². The molecule has 1 aliphatic rings. The highest BCUT2D eigenvalue weighted by Crippen LogP contribution is 2.32. The molecule has 1 aliphatic heterocycles. The quantitative estimate of drug-likeness (QED) is 0.285. The van der Waals surface area contributed by atoms with Gasteiger partial charge in [-0.1, -0.05) is 30.7 Å². The second-order valence-electron chi connectivity index (χ2n) is 8.67. The summed E-state index contributed by atoms with van der Waals surface area (Å²) in [6.45, 7) is 6.82. The number of hydrogen-bond acceptors (Lipinski definition) is 6. The van der Waals surface area contributed by atoms with E-state index in [2.05, 4.69) is 39.9 Å². The molecule has 1 atom stereocenters. The third kappa shape index (κ3) is 4.85. The molecule has 1 amide bonds. The lowest BCUT2D eigenvalue weighted by atomic mass is 10.1. The van der Waals surface area contributed by atoms with Crippen molar-refractivity contribution < 1.29 is 9.53 Å². The van der Waals surface area contributed by atoms with E-state index in [0.29, 0.717) is 30.8 Å². The minimum Gasteiger partial charge on any atom is -0.370 e. The van der Waals surface area contributed by atoms with Crippen LogP contribution in [0.1, 0.15) is 30.6 Å². The smallest absolute Gasteiger partial charge is 0.227 e. The predicted octanol–water partition coefficient (Wildman–Crippen LogP) is 5.14. The third-order valence-corrected chi connectivity index (χ3v) is 6.35. The van der Waals surface area contributed by atoms with E-state index in [9.17, 15) is 4.79 Å². The Morgan fingerprint density at radius 3 is 2.83 bits per heavy atom. The van der Waals surface area contributed by atoms with E-state index >= 15 is 0 Å². The van der Waals surface area contributed by atoms with Crippen molar-refractivity contribution in [1.29, 1.82) is 0 Å². The number of morpholine rings is 1. The van der Waals surface area contributed by atoms with Crippen molar-refractivity contribution in [3.8, 4) is 11.3 Å². The summed E-state index contributed by atoms with van der Waals surface area (Å²) in [5.41, 5.74) is 6.60. The number of nitrogens with one attached hydrogen (secondary N) is 1. The first kappa shape index (κ1) is 23.3. The van der Waals surface area contributed by atoms with Crippen LogP contribution in [-0.4, -0.2) is 50.5 Å². The maximum Gasteiger partial charge on any atom is 0.227 e. The van der Waals surface area contributed by atoms with Crippen molar-refractivity contribution in [3.63, 3.8) is 0 Å². The van der Waals surface area contributed by atoms with Crippen LogP contribution in [-0.2, 0) is 16.1 Å². The summed E-state index contributed by atoms with van der Waals surface area (Å²) in [5.74, 6) is 0.492. The minimum absolute atomic E-state index is 0.120. The van der Waals surface area contributed by atoms with Crippen molar-refractivity contribution in [2.45, 2.75) is 32.9 Å². The highest BCUT2D eigenvalue weighted by atomic mass is 35.5. The zero-order valence-electron chi connectivity index (χ0n) is 19.7. The van der Waals surface area contributed by atoms with Gasteiger partial charge in [-0.15, -0.1) is 0 Å². The van der Waals surface area contributed by atoms with Gasteiger partial charge in [-0.2, -0.15) is 0 Å². The van der Waals surface area contributed by atoms with Crippen molar-refractivity contribution in [2.24, 2.45) is 0 Å². The fourth-order valence-electron chi connectivity index (χ4n) is 4.51. The van der Waals surface area contributed by atoms with Crippen LogP contribution in [0, 0.1) is 6.92 Å². The molecule has 1 unspecified atom stereocenters. The SMILES string of the molecule is CCCn1cc(-c2ccnc(Nc3ccc(C4CN(C=O)CCO4)cc3)n2)c2nc(Cl)cc(C)c21. The fourth-order valence-corrected chi connectivity index (χ4v) is 4.76. The van der Waals surface area contributed by atoms with Gasteiger partial charge in [0.25, 0.3) is 0 Å². The summed E-state index contributed by atoms with van der Waals surface area (Å²) < 4.78 is 8.05. The van der Waals surface area contributed by atoms with E-state index in [4.69, 9.17) is 21.3 Å². The summed E-state index contributed by atoms with van der Waals surface area (Å²) >= 11 is 6.30. The number of carbonyl (C=O) groups excluding carboxylic acids is 1. The average molecular weight is 491 g/mol. The van der Waals surface area contributed by atoms with Crippen LogP contribution in [0.25, 0.3) is 22.3 Å². The van der Waals surface area contributed by atoms with Crippen LogP contribution < -0.4 is 5.32 Å². The molecule has 4 aromatic rings. The van der Waals surface area contributed by atoms with Crippen molar-refractivity contribution >= 4 is 40.7 Å². The lowest BCUT2D eigenvalue weighted by Crippen LogP contribution is -2.37. The Kier molecular flexibility index (Phi) is 6.66. The fraction of sp³-hybridized carbons (Fsp3) is 0.308. The van der Waals surface area contributed by atoms with Crippen LogP contribution in [0.2, 0.25) is 5.15 Å². The van der Waals surface area contributed by atoms with Gasteiger partial charge in [0.05, 0.1) is 29.9 Å². The molecule has 1 aromatic carbocycles. The molecule has 1 N–H and O–H groups in total. The molecule has 9 heteroatoms. The highest BCUT2D eigenvalue weighted by molar-refractivity contribution is 6.30. The van der Waals surface area contributed by atoms with Crippen LogP contribution in [0.3, 0.4) is 0 Å². The second kappa shape index (κ2) is 10.0. The van der Waals surface area contributed by atoms with Gasteiger partial charge in [-0.05, 0) is 48.7 Å². The number of fused-ring (bicyclic) bond motifs is 1. The number of carbonyl (C=O) groups is 1. The zero-order chi connectivity index (χ0) is 24.4. The maximum atomic E-state index is 11.1. The van der Waals surface area contributed by atoms with Crippen molar-refractivity contribution in [3.05, 3.63) is 65.1 Å². The topological polar surface area (TPSA) is 85.2 Å². The molecular formula is C26H27ClN6O2. The molecule has 35 heavy (non-hydrogen) atoms. The van der Waals surface area contributed by atoms with Gasteiger partial charge in [-0.25, -0.2) is 15.0 Å².